The normalized spacial score (nSPS) is 11.1. The Morgan fingerprint density at radius 2 is 1.59 bits per heavy atom. The van der Waals surface area contributed by atoms with Crippen LogP contribution >= 0.6 is 23.5 Å². The Labute approximate surface area is 170 Å². The number of carbonyl (C=O) groups excluding carboxylic acids is 3. The fraction of sp³-hybridized carbons (Fsp3) is 0.550. The van der Waals surface area contributed by atoms with Gasteiger partial charge in [0.2, 0.25) is 0 Å². The van der Waals surface area contributed by atoms with Crippen LogP contribution in [0.5, 0.6) is 0 Å². The lowest BCUT2D eigenvalue weighted by Crippen LogP contribution is -2.33. The van der Waals surface area contributed by atoms with Crippen LogP contribution in [0.15, 0.2) is 18.2 Å². The van der Waals surface area contributed by atoms with Crippen LogP contribution in [-0.4, -0.2) is 28.5 Å². The molecule has 0 aliphatic heterocycles. The predicted molar refractivity (Wildman–Crippen MR) is 113 cm³/mol. The van der Waals surface area contributed by atoms with E-state index in [0.29, 0.717) is 18.1 Å². The lowest BCUT2D eigenvalue weighted by molar-refractivity contribution is -0.109. The molecule has 1 aromatic carbocycles. The zero-order valence-electron chi connectivity index (χ0n) is 16.7. The topological polar surface area (TPSA) is 72.5 Å². The minimum absolute atomic E-state index is 0.0761. The molecule has 27 heavy (non-hydrogen) atoms. The van der Waals surface area contributed by atoms with Crippen LogP contribution in [0.3, 0.4) is 0 Å². The molecule has 150 valence electrons. The standard InChI is InChI=1S/C20H29NO4S2/c1-14(22)26-12-17-9-8-16(11-18(17)13-27-15(2)23)7-6-10-21-19(24)25-20(3,4)5/h8-9,11H,6-7,10,12-13H2,1-5H3,(H,21,24). The predicted octanol–water partition coefficient (Wildman–Crippen LogP) is 4.70. The van der Waals surface area contributed by atoms with E-state index in [1.54, 1.807) is 13.8 Å². The lowest BCUT2D eigenvalue weighted by atomic mass is 10.0. The first-order valence-corrected chi connectivity index (χ1v) is 10.9. The number of rotatable bonds is 8. The van der Waals surface area contributed by atoms with Gasteiger partial charge in [-0.05, 0) is 50.3 Å². The van der Waals surface area contributed by atoms with Gasteiger partial charge in [-0.15, -0.1) is 0 Å². The van der Waals surface area contributed by atoms with Crippen LogP contribution < -0.4 is 5.32 Å². The van der Waals surface area contributed by atoms with Crippen LogP contribution in [0, 0.1) is 0 Å². The Kier molecular flexibility index (Phi) is 9.94. The van der Waals surface area contributed by atoms with Gasteiger partial charge in [-0.1, -0.05) is 41.7 Å². The summed E-state index contributed by atoms with van der Waals surface area (Å²) in [5, 5.41) is 2.91. The molecule has 1 amide bonds. The average molecular weight is 412 g/mol. The number of nitrogens with one attached hydrogen (secondary N) is 1. The molecule has 0 radical (unpaired) electrons. The third kappa shape index (κ3) is 11.1. The Morgan fingerprint density at radius 3 is 2.15 bits per heavy atom. The van der Waals surface area contributed by atoms with Crippen molar-refractivity contribution in [3.63, 3.8) is 0 Å². The number of aryl methyl sites for hydroxylation is 1. The maximum atomic E-state index is 11.6. The third-order valence-corrected chi connectivity index (χ3v) is 5.17. The molecule has 0 aliphatic carbocycles. The van der Waals surface area contributed by atoms with Crippen molar-refractivity contribution >= 4 is 39.8 Å². The van der Waals surface area contributed by atoms with Crippen LogP contribution in [0.4, 0.5) is 4.79 Å². The van der Waals surface area contributed by atoms with Crippen molar-refractivity contribution in [3.8, 4) is 0 Å². The monoisotopic (exact) mass is 411 g/mol. The summed E-state index contributed by atoms with van der Waals surface area (Å²) in [6, 6.07) is 6.17. The van der Waals surface area contributed by atoms with E-state index in [1.165, 1.54) is 23.5 Å². The highest BCUT2D eigenvalue weighted by atomic mass is 32.2. The highest BCUT2D eigenvalue weighted by Crippen LogP contribution is 2.24. The minimum Gasteiger partial charge on any atom is -0.444 e. The summed E-state index contributed by atoms with van der Waals surface area (Å²) in [4.78, 5) is 34.2. The van der Waals surface area contributed by atoms with Crippen molar-refractivity contribution in [1.82, 2.24) is 5.32 Å². The minimum atomic E-state index is -0.499. The molecule has 1 rings (SSSR count). The molecule has 1 N–H and O–H groups in total. The van der Waals surface area contributed by atoms with E-state index in [9.17, 15) is 14.4 Å². The number of alkyl carbamates (subject to hydrolysis) is 1. The molecule has 0 bridgehead atoms. The molecule has 0 fully saturated rings. The summed E-state index contributed by atoms with van der Waals surface area (Å²) in [5.41, 5.74) is 2.82. The van der Waals surface area contributed by atoms with E-state index in [0.717, 1.165) is 29.5 Å². The van der Waals surface area contributed by atoms with Crippen molar-refractivity contribution in [1.29, 1.82) is 0 Å². The van der Waals surface area contributed by atoms with Crippen LogP contribution in [0.2, 0.25) is 0 Å². The van der Waals surface area contributed by atoms with Crippen LogP contribution in [-0.2, 0) is 32.3 Å². The molecule has 1 aromatic rings. The van der Waals surface area contributed by atoms with Gasteiger partial charge < -0.3 is 10.1 Å². The summed E-state index contributed by atoms with van der Waals surface area (Å²) in [6.07, 6.45) is 1.20. The second kappa shape index (κ2) is 11.4. The van der Waals surface area contributed by atoms with Crippen molar-refractivity contribution in [2.75, 3.05) is 6.54 Å². The summed E-state index contributed by atoms with van der Waals surface area (Å²) < 4.78 is 5.21. The first-order chi connectivity index (χ1) is 12.6. The number of thioether (sulfide) groups is 2. The van der Waals surface area contributed by atoms with E-state index in [4.69, 9.17) is 4.74 Å². The zero-order valence-corrected chi connectivity index (χ0v) is 18.4. The zero-order chi connectivity index (χ0) is 20.4. The number of hydrogen-bond donors (Lipinski definition) is 1. The number of carbonyl (C=O) groups is 3. The Hall–Kier alpha value is -1.47. The largest absolute Gasteiger partial charge is 0.444 e. The number of benzene rings is 1. The molecule has 0 spiro atoms. The summed E-state index contributed by atoms with van der Waals surface area (Å²) >= 11 is 2.55. The van der Waals surface area contributed by atoms with Crippen LogP contribution in [0.25, 0.3) is 0 Å². The van der Waals surface area contributed by atoms with Crippen LogP contribution in [0.1, 0.15) is 57.7 Å². The van der Waals surface area contributed by atoms with Crippen molar-refractivity contribution in [2.24, 2.45) is 0 Å². The van der Waals surface area contributed by atoms with Gasteiger partial charge in [0, 0.05) is 31.9 Å². The fourth-order valence-corrected chi connectivity index (χ4v) is 3.53. The smallest absolute Gasteiger partial charge is 0.407 e. The van der Waals surface area contributed by atoms with E-state index in [-0.39, 0.29) is 10.2 Å². The van der Waals surface area contributed by atoms with Crippen molar-refractivity contribution in [2.45, 2.75) is 64.6 Å². The van der Waals surface area contributed by atoms with Gasteiger partial charge in [0.25, 0.3) is 0 Å². The first-order valence-electron chi connectivity index (χ1n) is 8.91. The van der Waals surface area contributed by atoms with E-state index >= 15 is 0 Å². The maximum Gasteiger partial charge on any atom is 0.407 e. The lowest BCUT2D eigenvalue weighted by Gasteiger charge is -2.19. The highest BCUT2D eigenvalue weighted by molar-refractivity contribution is 8.13. The van der Waals surface area contributed by atoms with Gasteiger partial charge in [-0.25, -0.2) is 4.79 Å². The van der Waals surface area contributed by atoms with E-state index in [2.05, 4.69) is 11.4 Å². The van der Waals surface area contributed by atoms with Gasteiger partial charge in [-0.3, -0.25) is 9.59 Å². The maximum absolute atomic E-state index is 11.6. The Bertz CT molecular complexity index is 668. The summed E-state index contributed by atoms with van der Waals surface area (Å²) in [5.74, 6) is 1.22. The first kappa shape index (κ1) is 23.6. The quantitative estimate of drug-likeness (QED) is 0.625. The molecule has 0 atom stereocenters. The second-order valence-corrected chi connectivity index (χ2v) is 9.50. The van der Waals surface area contributed by atoms with Gasteiger partial charge in [-0.2, -0.15) is 0 Å². The van der Waals surface area contributed by atoms with Gasteiger partial charge in [0.05, 0.1) is 0 Å². The molecule has 0 saturated heterocycles. The number of amides is 1. The fourth-order valence-electron chi connectivity index (χ4n) is 2.27. The molecule has 0 aliphatic rings. The van der Waals surface area contributed by atoms with E-state index in [1.807, 2.05) is 32.9 Å². The second-order valence-electron chi connectivity index (χ2n) is 7.20. The summed E-state index contributed by atoms with van der Waals surface area (Å²) in [7, 11) is 0. The van der Waals surface area contributed by atoms with Crippen molar-refractivity contribution in [3.05, 3.63) is 34.9 Å². The molecular formula is C20H29NO4S2. The molecule has 5 nitrogen and oxygen atoms in total. The average Bonchev–Trinajstić information content (AvgIpc) is 2.54. The Balaban J connectivity index is 2.61. The van der Waals surface area contributed by atoms with Crippen molar-refractivity contribution < 1.29 is 19.1 Å². The molecule has 0 saturated carbocycles. The molecule has 0 unspecified atom stereocenters. The summed E-state index contributed by atoms with van der Waals surface area (Å²) in [6.45, 7) is 9.15. The SMILES string of the molecule is CC(=O)SCc1ccc(CCCNC(=O)OC(C)(C)C)cc1CSC(C)=O. The Morgan fingerprint density at radius 1 is 1.00 bits per heavy atom. The van der Waals surface area contributed by atoms with Gasteiger partial charge >= 0.3 is 6.09 Å². The molecule has 0 aromatic heterocycles. The number of ether oxygens (including phenoxy) is 1. The highest BCUT2D eigenvalue weighted by Gasteiger charge is 2.15. The van der Waals surface area contributed by atoms with Gasteiger partial charge in [0.1, 0.15) is 5.60 Å². The number of hydrogen-bond acceptors (Lipinski definition) is 6. The van der Waals surface area contributed by atoms with E-state index < -0.39 is 11.7 Å². The molecular weight excluding hydrogens is 382 g/mol. The molecule has 0 heterocycles. The molecule has 7 heteroatoms. The van der Waals surface area contributed by atoms with Gasteiger partial charge in [0.15, 0.2) is 10.2 Å². The third-order valence-electron chi connectivity index (χ3n) is 3.44.